The number of hydrogen-bond acceptors (Lipinski definition) is 3. The van der Waals surface area contributed by atoms with E-state index in [1.165, 1.54) is 0 Å². The minimum absolute atomic E-state index is 0.219. The first-order valence-electron chi connectivity index (χ1n) is 6.17. The van der Waals surface area contributed by atoms with E-state index < -0.39 is 5.91 Å². The molecule has 0 spiro atoms. The summed E-state index contributed by atoms with van der Waals surface area (Å²) in [4.78, 5) is 25.4. The van der Waals surface area contributed by atoms with Gasteiger partial charge in [0, 0.05) is 13.1 Å². The maximum atomic E-state index is 11.9. The molecular weight excluding hydrogens is 303 g/mol. The van der Waals surface area contributed by atoms with E-state index in [0.29, 0.717) is 37.0 Å². The average Bonchev–Trinajstić information content (AvgIpc) is 2.45. The summed E-state index contributed by atoms with van der Waals surface area (Å²) < 4.78 is 5.15. The molecule has 5 nitrogen and oxygen atoms in total. The molecule has 1 saturated heterocycles. The normalized spacial score (nSPS) is 15.0. The Hall–Kier alpha value is -1.30. The second-order valence-electron chi connectivity index (χ2n) is 4.32. The fourth-order valence-corrected chi connectivity index (χ4v) is 2.20. The Morgan fingerprint density at radius 3 is 2.65 bits per heavy atom. The average molecular weight is 317 g/mol. The molecule has 20 heavy (non-hydrogen) atoms. The lowest BCUT2D eigenvalue weighted by Gasteiger charge is -2.26. The fraction of sp³-hybridized carbons (Fsp3) is 0.385. The van der Waals surface area contributed by atoms with Crippen molar-refractivity contribution in [3.05, 3.63) is 28.2 Å². The minimum atomic E-state index is -0.411. The topological polar surface area (TPSA) is 58.6 Å². The molecule has 0 bridgehead atoms. The van der Waals surface area contributed by atoms with Gasteiger partial charge in [0.05, 0.1) is 28.9 Å². The second-order valence-corrected chi connectivity index (χ2v) is 5.10. The second kappa shape index (κ2) is 6.92. The molecule has 1 fully saturated rings. The van der Waals surface area contributed by atoms with Crippen molar-refractivity contribution >= 4 is 40.7 Å². The third kappa shape index (κ3) is 3.85. The van der Waals surface area contributed by atoms with Gasteiger partial charge in [0.25, 0.3) is 0 Å². The summed E-state index contributed by atoms with van der Waals surface area (Å²) in [5.74, 6) is -0.630. The number of nitrogens with one attached hydrogen (secondary N) is 1. The summed E-state index contributed by atoms with van der Waals surface area (Å²) in [5, 5.41) is 3.20. The number of nitrogens with zero attached hydrogens (tertiary/aromatic N) is 1. The molecule has 7 heteroatoms. The molecule has 1 heterocycles. The van der Waals surface area contributed by atoms with E-state index >= 15 is 0 Å². The van der Waals surface area contributed by atoms with Crippen molar-refractivity contribution in [3.63, 3.8) is 0 Å². The van der Waals surface area contributed by atoms with Gasteiger partial charge in [0.2, 0.25) is 11.8 Å². The molecule has 1 aromatic carbocycles. The van der Waals surface area contributed by atoms with Crippen LogP contribution < -0.4 is 5.32 Å². The van der Waals surface area contributed by atoms with Crippen LogP contribution in [0.1, 0.15) is 6.42 Å². The van der Waals surface area contributed by atoms with E-state index in [0.717, 1.165) is 0 Å². The number of carbonyl (C=O) groups is 2. The summed E-state index contributed by atoms with van der Waals surface area (Å²) in [6, 6.07) is 4.93. The van der Waals surface area contributed by atoms with Crippen LogP contribution in [0, 0.1) is 0 Å². The van der Waals surface area contributed by atoms with E-state index in [1.54, 1.807) is 23.1 Å². The summed E-state index contributed by atoms with van der Waals surface area (Å²) >= 11 is 11.8. The first-order chi connectivity index (χ1) is 9.58. The predicted octanol–water partition coefficient (Wildman–Crippen LogP) is 2.18. The molecule has 0 radical (unpaired) electrons. The van der Waals surface area contributed by atoms with Gasteiger partial charge in [-0.15, -0.1) is 0 Å². The van der Waals surface area contributed by atoms with Gasteiger partial charge >= 0.3 is 0 Å². The molecule has 1 N–H and O–H groups in total. The minimum Gasteiger partial charge on any atom is -0.378 e. The standard InChI is InChI=1S/C13H14Cl2N2O3/c14-9-2-1-3-10(13(9)15)16-11(18)8-12(19)17-4-6-20-7-5-17/h1-3H,4-8H2,(H,16,18). The molecule has 0 saturated carbocycles. The molecule has 2 rings (SSSR count). The summed E-state index contributed by atoms with van der Waals surface area (Å²) in [5.41, 5.74) is 0.402. The van der Waals surface area contributed by atoms with Gasteiger partial charge < -0.3 is 15.0 Å². The highest BCUT2D eigenvalue weighted by Gasteiger charge is 2.20. The van der Waals surface area contributed by atoms with E-state index in [-0.39, 0.29) is 17.4 Å². The largest absolute Gasteiger partial charge is 0.378 e. The number of carbonyl (C=O) groups excluding carboxylic acids is 2. The van der Waals surface area contributed by atoms with Crippen molar-refractivity contribution in [1.29, 1.82) is 0 Å². The highest BCUT2D eigenvalue weighted by molar-refractivity contribution is 6.44. The zero-order chi connectivity index (χ0) is 14.5. The molecule has 108 valence electrons. The third-order valence-electron chi connectivity index (χ3n) is 2.90. The van der Waals surface area contributed by atoms with E-state index in [4.69, 9.17) is 27.9 Å². The predicted molar refractivity (Wildman–Crippen MR) is 77.1 cm³/mol. The quantitative estimate of drug-likeness (QED) is 0.869. The smallest absolute Gasteiger partial charge is 0.233 e. The van der Waals surface area contributed by atoms with Gasteiger partial charge in [-0.3, -0.25) is 9.59 Å². The monoisotopic (exact) mass is 316 g/mol. The van der Waals surface area contributed by atoms with Crippen LogP contribution in [0.25, 0.3) is 0 Å². The Morgan fingerprint density at radius 1 is 1.25 bits per heavy atom. The van der Waals surface area contributed by atoms with Crippen LogP contribution in [-0.2, 0) is 14.3 Å². The van der Waals surface area contributed by atoms with Crippen LogP contribution in [0.2, 0.25) is 10.0 Å². The molecule has 0 aromatic heterocycles. The van der Waals surface area contributed by atoms with Crippen LogP contribution in [-0.4, -0.2) is 43.0 Å². The lowest BCUT2D eigenvalue weighted by atomic mass is 10.2. The number of rotatable bonds is 3. The highest BCUT2D eigenvalue weighted by Crippen LogP contribution is 2.29. The Balaban J connectivity index is 1.91. The van der Waals surface area contributed by atoms with Crippen molar-refractivity contribution < 1.29 is 14.3 Å². The maximum Gasteiger partial charge on any atom is 0.233 e. The van der Waals surface area contributed by atoms with Gasteiger partial charge in [-0.1, -0.05) is 29.3 Å². The van der Waals surface area contributed by atoms with Crippen LogP contribution in [0.3, 0.4) is 0 Å². The van der Waals surface area contributed by atoms with Gasteiger partial charge in [0.1, 0.15) is 6.42 Å². The van der Waals surface area contributed by atoms with Crippen molar-refractivity contribution in [2.75, 3.05) is 31.6 Å². The number of hydrogen-bond donors (Lipinski definition) is 1. The summed E-state index contributed by atoms with van der Waals surface area (Å²) in [7, 11) is 0. The number of amides is 2. The molecule has 0 aliphatic carbocycles. The molecule has 0 atom stereocenters. The van der Waals surface area contributed by atoms with Gasteiger partial charge in [-0.2, -0.15) is 0 Å². The zero-order valence-corrected chi connectivity index (χ0v) is 12.2. The first-order valence-corrected chi connectivity index (χ1v) is 6.93. The van der Waals surface area contributed by atoms with Crippen molar-refractivity contribution in [2.45, 2.75) is 6.42 Å². The lowest BCUT2D eigenvalue weighted by Crippen LogP contribution is -2.41. The van der Waals surface area contributed by atoms with Crippen LogP contribution >= 0.6 is 23.2 Å². The van der Waals surface area contributed by atoms with Gasteiger partial charge in [-0.25, -0.2) is 0 Å². The van der Waals surface area contributed by atoms with E-state index in [1.807, 2.05) is 0 Å². The number of halogens is 2. The Bertz CT molecular complexity index is 516. The van der Waals surface area contributed by atoms with E-state index in [9.17, 15) is 9.59 Å². The van der Waals surface area contributed by atoms with Crippen molar-refractivity contribution in [2.24, 2.45) is 0 Å². The fourth-order valence-electron chi connectivity index (χ4n) is 1.86. The molecular formula is C13H14Cl2N2O3. The maximum absolute atomic E-state index is 11.9. The number of benzene rings is 1. The van der Waals surface area contributed by atoms with Gasteiger partial charge in [0.15, 0.2) is 0 Å². The molecule has 1 aliphatic heterocycles. The number of morpholine rings is 1. The SMILES string of the molecule is O=C(CC(=O)N1CCOCC1)Nc1cccc(Cl)c1Cl. The molecule has 1 aromatic rings. The number of anilines is 1. The van der Waals surface area contributed by atoms with Crippen LogP contribution in [0.5, 0.6) is 0 Å². The Morgan fingerprint density at radius 2 is 1.95 bits per heavy atom. The van der Waals surface area contributed by atoms with E-state index in [2.05, 4.69) is 5.32 Å². The third-order valence-corrected chi connectivity index (χ3v) is 3.72. The zero-order valence-electron chi connectivity index (χ0n) is 10.7. The van der Waals surface area contributed by atoms with Crippen LogP contribution in [0.15, 0.2) is 18.2 Å². The lowest BCUT2D eigenvalue weighted by molar-refractivity contribution is -0.138. The highest BCUT2D eigenvalue weighted by atomic mass is 35.5. The Kier molecular flexibility index (Phi) is 5.23. The Labute approximate surface area is 126 Å². The van der Waals surface area contributed by atoms with Crippen LogP contribution in [0.4, 0.5) is 5.69 Å². The first kappa shape index (κ1) is 15.1. The van der Waals surface area contributed by atoms with Crippen molar-refractivity contribution in [1.82, 2.24) is 4.90 Å². The summed E-state index contributed by atoms with van der Waals surface area (Å²) in [6.45, 7) is 2.05. The molecule has 2 amide bonds. The van der Waals surface area contributed by atoms with Gasteiger partial charge in [-0.05, 0) is 12.1 Å². The van der Waals surface area contributed by atoms with Crippen molar-refractivity contribution in [3.8, 4) is 0 Å². The molecule has 0 unspecified atom stereocenters. The summed E-state index contributed by atoms with van der Waals surface area (Å²) in [6.07, 6.45) is -0.219. The molecule has 1 aliphatic rings. The number of ether oxygens (including phenoxy) is 1.